The van der Waals surface area contributed by atoms with E-state index >= 15 is 0 Å². The third-order valence-corrected chi connectivity index (χ3v) is 4.86. The minimum Gasteiger partial charge on any atom is -0.224 e. The van der Waals surface area contributed by atoms with Crippen molar-refractivity contribution in [3.8, 4) is 0 Å². The van der Waals surface area contributed by atoms with E-state index in [2.05, 4.69) is 13.8 Å². The van der Waals surface area contributed by atoms with E-state index in [0.29, 0.717) is 10.8 Å². The average molecular weight is 240 g/mol. The Morgan fingerprint density at radius 1 is 1.12 bits per heavy atom. The Bertz CT molecular complexity index is 407. The molecule has 3 heteroatoms. The van der Waals surface area contributed by atoms with Crippen LogP contribution in [0.15, 0.2) is 35.2 Å². The van der Waals surface area contributed by atoms with Crippen molar-refractivity contribution in [2.75, 3.05) is 5.75 Å². The van der Waals surface area contributed by atoms with Gasteiger partial charge in [0.25, 0.3) is 0 Å². The van der Waals surface area contributed by atoms with Crippen LogP contribution in [0.25, 0.3) is 0 Å². The van der Waals surface area contributed by atoms with E-state index in [1.165, 1.54) is 0 Å². The zero-order chi connectivity index (χ0) is 12.2. The van der Waals surface area contributed by atoms with Gasteiger partial charge in [0.2, 0.25) is 0 Å². The van der Waals surface area contributed by atoms with E-state index in [-0.39, 0.29) is 11.7 Å². The van der Waals surface area contributed by atoms with Crippen LogP contribution in [0.5, 0.6) is 0 Å². The molecule has 0 fully saturated rings. The molecule has 90 valence electrons. The highest BCUT2D eigenvalue weighted by atomic mass is 32.2. The van der Waals surface area contributed by atoms with Crippen molar-refractivity contribution in [2.45, 2.75) is 32.1 Å². The topological polar surface area (TPSA) is 34.1 Å². The molecule has 0 aromatic heterocycles. The summed E-state index contributed by atoms with van der Waals surface area (Å²) in [6.07, 6.45) is 0.906. The number of rotatable bonds is 5. The zero-order valence-corrected chi connectivity index (χ0v) is 11.0. The molecule has 1 aromatic rings. The molecule has 0 aliphatic heterocycles. The van der Waals surface area contributed by atoms with Crippen LogP contribution in [-0.4, -0.2) is 14.2 Å². The quantitative estimate of drug-likeness (QED) is 0.792. The number of hydrogen-bond donors (Lipinski definition) is 0. The van der Waals surface area contributed by atoms with Gasteiger partial charge >= 0.3 is 0 Å². The Morgan fingerprint density at radius 3 is 2.12 bits per heavy atom. The molecule has 0 amide bonds. The van der Waals surface area contributed by atoms with Gasteiger partial charge in [0.15, 0.2) is 9.84 Å². The Kier molecular flexibility index (Phi) is 4.54. The lowest BCUT2D eigenvalue weighted by molar-refractivity contribution is 0.406. The van der Waals surface area contributed by atoms with Gasteiger partial charge in [-0.2, -0.15) is 0 Å². The fraction of sp³-hybridized carbons (Fsp3) is 0.538. The van der Waals surface area contributed by atoms with Gasteiger partial charge in [0, 0.05) is 0 Å². The summed E-state index contributed by atoms with van der Waals surface area (Å²) in [5.74, 6) is 0.902. The molecule has 0 saturated heterocycles. The zero-order valence-electron chi connectivity index (χ0n) is 10.2. The molecule has 0 N–H and O–H groups in total. The normalized spacial score (nSPS) is 14.0. The molecule has 0 unspecified atom stereocenters. The third kappa shape index (κ3) is 3.34. The molecule has 0 saturated carbocycles. The van der Waals surface area contributed by atoms with Crippen LogP contribution in [-0.2, 0) is 9.84 Å². The highest BCUT2D eigenvalue weighted by Gasteiger charge is 2.21. The molecule has 0 bridgehead atoms. The molecule has 16 heavy (non-hydrogen) atoms. The van der Waals surface area contributed by atoms with Crippen molar-refractivity contribution in [1.29, 1.82) is 0 Å². The van der Waals surface area contributed by atoms with Crippen molar-refractivity contribution < 1.29 is 8.42 Å². The van der Waals surface area contributed by atoms with Crippen LogP contribution in [0, 0.1) is 11.8 Å². The van der Waals surface area contributed by atoms with Gasteiger partial charge in [0.1, 0.15) is 0 Å². The second-order valence-electron chi connectivity index (χ2n) is 4.51. The second kappa shape index (κ2) is 5.48. The summed E-state index contributed by atoms with van der Waals surface area (Å²) in [5, 5.41) is 0. The molecular weight excluding hydrogens is 220 g/mol. The summed E-state index contributed by atoms with van der Waals surface area (Å²) in [4.78, 5) is 0.439. The molecule has 0 spiro atoms. The van der Waals surface area contributed by atoms with E-state index < -0.39 is 9.84 Å². The predicted octanol–water partition coefficient (Wildman–Crippen LogP) is 3.14. The number of sulfone groups is 1. The van der Waals surface area contributed by atoms with Crippen LogP contribution >= 0.6 is 0 Å². The van der Waals surface area contributed by atoms with Gasteiger partial charge in [-0.1, -0.05) is 45.4 Å². The average Bonchev–Trinajstić information content (AvgIpc) is 2.27. The van der Waals surface area contributed by atoms with E-state index in [1.807, 2.05) is 13.0 Å². The van der Waals surface area contributed by atoms with Crippen LogP contribution < -0.4 is 0 Å². The maximum Gasteiger partial charge on any atom is 0.178 e. The van der Waals surface area contributed by atoms with E-state index in [0.717, 1.165) is 6.42 Å². The fourth-order valence-electron chi connectivity index (χ4n) is 1.79. The van der Waals surface area contributed by atoms with Gasteiger partial charge in [-0.25, -0.2) is 8.42 Å². The minimum absolute atomic E-state index is 0.241. The van der Waals surface area contributed by atoms with Crippen molar-refractivity contribution in [1.82, 2.24) is 0 Å². The largest absolute Gasteiger partial charge is 0.224 e. The molecule has 0 aliphatic rings. The van der Waals surface area contributed by atoms with Crippen LogP contribution in [0.4, 0.5) is 0 Å². The molecule has 1 rings (SSSR count). The van der Waals surface area contributed by atoms with Crippen molar-refractivity contribution >= 4 is 9.84 Å². The summed E-state index contributed by atoms with van der Waals surface area (Å²) in [7, 11) is -3.12. The summed E-state index contributed by atoms with van der Waals surface area (Å²) < 4.78 is 24.2. The first kappa shape index (κ1) is 13.2. The predicted molar refractivity (Wildman–Crippen MR) is 67.1 cm³/mol. The molecule has 1 atom stereocenters. The van der Waals surface area contributed by atoms with E-state index in [4.69, 9.17) is 0 Å². The summed E-state index contributed by atoms with van der Waals surface area (Å²) in [5.41, 5.74) is 0. The number of benzene rings is 1. The lowest BCUT2D eigenvalue weighted by Gasteiger charge is -2.18. The van der Waals surface area contributed by atoms with Gasteiger partial charge in [-0.05, 0) is 24.0 Å². The molecule has 1 aromatic carbocycles. The number of hydrogen-bond acceptors (Lipinski definition) is 2. The summed E-state index contributed by atoms with van der Waals surface area (Å²) >= 11 is 0. The molecule has 0 radical (unpaired) electrons. The monoisotopic (exact) mass is 240 g/mol. The molecule has 2 nitrogen and oxygen atoms in total. The highest BCUT2D eigenvalue weighted by Crippen LogP contribution is 2.21. The standard InChI is InChI=1S/C13H20O2S/c1-4-12(11(2)3)10-16(14,15)13-8-6-5-7-9-13/h5-9,11-12H,4,10H2,1-3H3/t12-/m1/s1. The van der Waals surface area contributed by atoms with Crippen LogP contribution in [0.3, 0.4) is 0 Å². The lowest BCUT2D eigenvalue weighted by Crippen LogP contribution is -2.20. The third-order valence-electron chi connectivity index (χ3n) is 3.00. The first-order chi connectivity index (χ1) is 7.47. The molecule has 0 aliphatic carbocycles. The van der Waals surface area contributed by atoms with Crippen molar-refractivity contribution in [2.24, 2.45) is 11.8 Å². The smallest absolute Gasteiger partial charge is 0.178 e. The van der Waals surface area contributed by atoms with E-state index in [1.54, 1.807) is 24.3 Å². The summed E-state index contributed by atoms with van der Waals surface area (Å²) in [6, 6.07) is 8.70. The first-order valence-corrected chi connectivity index (χ1v) is 7.40. The SMILES string of the molecule is CC[C@H](CS(=O)(=O)c1ccccc1)C(C)C. The van der Waals surface area contributed by atoms with Gasteiger partial charge in [-0.3, -0.25) is 0 Å². The Hall–Kier alpha value is -0.830. The van der Waals surface area contributed by atoms with Gasteiger partial charge in [-0.15, -0.1) is 0 Å². The Morgan fingerprint density at radius 2 is 1.69 bits per heavy atom. The summed E-state index contributed by atoms with van der Waals surface area (Å²) in [6.45, 7) is 6.20. The van der Waals surface area contributed by atoms with Gasteiger partial charge in [0.05, 0.1) is 10.6 Å². The van der Waals surface area contributed by atoms with Crippen molar-refractivity contribution in [3.05, 3.63) is 30.3 Å². The minimum atomic E-state index is -3.12. The van der Waals surface area contributed by atoms with Gasteiger partial charge < -0.3 is 0 Å². The molecular formula is C13H20O2S. The fourth-order valence-corrected chi connectivity index (χ4v) is 3.74. The second-order valence-corrected chi connectivity index (χ2v) is 6.54. The highest BCUT2D eigenvalue weighted by molar-refractivity contribution is 7.91. The van der Waals surface area contributed by atoms with E-state index in [9.17, 15) is 8.42 Å². The lowest BCUT2D eigenvalue weighted by atomic mass is 9.96. The van der Waals surface area contributed by atoms with Crippen LogP contribution in [0.1, 0.15) is 27.2 Å². The molecule has 0 heterocycles. The maximum atomic E-state index is 12.1. The Labute approximate surface area is 98.6 Å². The first-order valence-electron chi connectivity index (χ1n) is 5.75. The van der Waals surface area contributed by atoms with Crippen molar-refractivity contribution in [3.63, 3.8) is 0 Å². The maximum absolute atomic E-state index is 12.1. The van der Waals surface area contributed by atoms with Crippen LogP contribution in [0.2, 0.25) is 0 Å². The Balaban J connectivity index is 2.88.